The van der Waals surface area contributed by atoms with E-state index in [0.29, 0.717) is 12.6 Å². The third-order valence-corrected chi connectivity index (χ3v) is 6.94. The molecule has 0 bridgehead atoms. The Balaban J connectivity index is 1.15. The first-order valence-electron chi connectivity index (χ1n) is 12.4. The van der Waals surface area contributed by atoms with Gasteiger partial charge < -0.3 is 15.4 Å². The van der Waals surface area contributed by atoms with Gasteiger partial charge in [-0.3, -0.25) is 14.5 Å². The van der Waals surface area contributed by atoms with Crippen molar-refractivity contribution in [1.29, 1.82) is 0 Å². The van der Waals surface area contributed by atoms with E-state index in [-0.39, 0.29) is 30.2 Å². The molecule has 1 aliphatic carbocycles. The molecule has 2 fully saturated rings. The lowest BCUT2D eigenvalue weighted by Gasteiger charge is -2.34. The first kappa shape index (κ1) is 26.2. The molecule has 1 saturated carbocycles. The molecule has 194 valence electrons. The summed E-state index contributed by atoms with van der Waals surface area (Å²) < 4.78 is 44.6. The topological polar surface area (TPSA) is 70.7 Å². The Morgan fingerprint density at radius 3 is 2.44 bits per heavy atom. The number of benzene rings is 2. The lowest BCUT2D eigenvalue weighted by Crippen LogP contribution is -2.44. The summed E-state index contributed by atoms with van der Waals surface area (Å²) in [5.74, 6) is -1.06. The molecule has 2 aromatic rings. The van der Waals surface area contributed by atoms with Crippen molar-refractivity contribution in [2.24, 2.45) is 0 Å². The van der Waals surface area contributed by atoms with Gasteiger partial charge in [0.2, 0.25) is 5.91 Å². The highest BCUT2D eigenvalue weighted by atomic mass is 19.4. The van der Waals surface area contributed by atoms with Gasteiger partial charge in [0.15, 0.2) is 0 Å². The Bertz CT molecular complexity index is 1020. The fraction of sp³-hybridized carbons (Fsp3) is 0.481. The lowest BCUT2D eigenvalue weighted by atomic mass is 9.92. The summed E-state index contributed by atoms with van der Waals surface area (Å²) in [6.07, 6.45) is 0.744. The van der Waals surface area contributed by atoms with Gasteiger partial charge in [-0.1, -0.05) is 36.4 Å². The maximum absolute atomic E-state index is 12.9. The Kier molecular flexibility index (Phi) is 8.64. The predicted octanol–water partition coefficient (Wildman–Crippen LogP) is 4.15. The quantitative estimate of drug-likeness (QED) is 0.568. The summed E-state index contributed by atoms with van der Waals surface area (Å²) in [6.45, 7) is 2.02. The minimum absolute atomic E-state index is 0.00462. The zero-order valence-electron chi connectivity index (χ0n) is 20.1. The summed E-state index contributed by atoms with van der Waals surface area (Å²) in [4.78, 5) is 27.0. The van der Waals surface area contributed by atoms with Crippen LogP contribution in [0.15, 0.2) is 54.6 Å². The number of likely N-dealkylation sites (tertiary alicyclic amines) is 1. The molecule has 1 aliphatic heterocycles. The van der Waals surface area contributed by atoms with Gasteiger partial charge in [0.25, 0.3) is 5.91 Å². The number of rotatable bonds is 8. The van der Waals surface area contributed by atoms with E-state index in [1.807, 2.05) is 18.2 Å². The zero-order chi connectivity index (χ0) is 25.5. The van der Waals surface area contributed by atoms with E-state index in [2.05, 4.69) is 27.7 Å². The number of hydrogen-bond donors (Lipinski definition) is 2. The molecule has 9 heteroatoms. The molecule has 6 nitrogen and oxygen atoms in total. The molecule has 1 unspecified atom stereocenters. The van der Waals surface area contributed by atoms with Crippen molar-refractivity contribution in [1.82, 2.24) is 15.5 Å². The van der Waals surface area contributed by atoms with Crippen molar-refractivity contribution in [3.63, 3.8) is 0 Å². The van der Waals surface area contributed by atoms with E-state index in [0.717, 1.165) is 57.3 Å². The van der Waals surface area contributed by atoms with Gasteiger partial charge in [-0.2, -0.15) is 13.2 Å². The minimum atomic E-state index is -4.53. The molecule has 1 heterocycles. The van der Waals surface area contributed by atoms with Crippen molar-refractivity contribution >= 4 is 11.8 Å². The van der Waals surface area contributed by atoms with Crippen LogP contribution in [0.3, 0.4) is 0 Å². The van der Waals surface area contributed by atoms with Crippen molar-refractivity contribution in [3.05, 3.63) is 71.3 Å². The third kappa shape index (κ3) is 7.30. The highest BCUT2D eigenvalue weighted by molar-refractivity contribution is 5.96. The average molecular weight is 504 g/mol. The molecule has 2 aromatic carbocycles. The van der Waals surface area contributed by atoms with Crippen LogP contribution in [0.2, 0.25) is 0 Å². The van der Waals surface area contributed by atoms with E-state index >= 15 is 0 Å². The molecule has 4 rings (SSSR count). The molecule has 0 spiro atoms. The van der Waals surface area contributed by atoms with Crippen LogP contribution in [-0.4, -0.2) is 54.5 Å². The molecule has 2 aliphatic rings. The second-order valence-corrected chi connectivity index (χ2v) is 9.54. The van der Waals surface area contributed by atoms with Crippen LogP contribution in [0.1, 0.15) is 53.6 Å². The summed E-state index contributed by atoms with van der Waals surface area (Å²) in [6, 6.07) is 14.8. The highest BCUT2D eigenvalue weighted by Crippen LogP contribution is 2.30. The second kappa shape index (κ2) is 11.9. The number of nitrogens with zero attached hydrogens (tertiary/aromatic N) is 1. The monoisotopic (exact) mass is 503 g/mol. The number of ether oxygens (including phenoxy) is 1. The standard InChI is InChI=1S/C27H32F3N3O3/c28-27(29,30)21-8-4-7-20(15-21)26(35)31-16-25(34)32-22-13-14-33(17-22)23-9-11-24(12-10-23)36-18-19-5-2-1-3-6-19/h1-8,15,22-24H,9-14,16-18H2,(H,31,35)(H,32,34). The van der Waals surface area contributed by atoms with Crippen LogP contribution >= 0.6 is 0 Å². The van der Waals surface area contributed by atoms with Crippen molar-refractivity contribution < 1.29 is 27.5 Å². The van der Waals surface area contributed by atoms with E-state index in [1.54, 1.807) is 0 Å². The Labute approximate surface area is 209 Å². The average Bonchev–Trinajstić information content (AvgIpc) is 3.35. The van der Waals surface area contributed by atoms with Crippen molar-refractivity contribution in [2.75, 3.05) is 19.6 Å². The largest absolute Gasteiger partial charge is 0.416 e. The maximum atomic E-state index is 12.9. The summed E-state index contributed by atoms with van der Waals surface area (Å²) in [7, 11) is 0. The smallest absolute Gasteiger partial charge is 0.374 e. The van der Waals surface area contributed by atoms with E-state index < -0.39 is 17.6 Å². The number of carbonyl (C=O) groups excluding carboxylic acids is 2. The van der Waals surface area contributed by atoms with Crippen LogP contribution in [-0.2, 0) is 22.3 Å². The Hall–Kier alpha value is -2.91. The van der Waals surface area contributed by atoms with Crippen LogP contribution in [0, 0.1) is 0 Å². The van der Waals surface area contributed by atoms with Crippen molar-refractivity contribution in [2.45, 2.75) is 63.1 Å². The fourth-order valence-corrected chi connectivity index (χ4v) is 4.98. The number of nitrogens with one attached hydrogen (secondary N) is 2. The first-order chi connectivity index (χ1) is 17.3. The molecule has 2 amide bonds. The van der Waals surface area contributed by atoms with E-state index in [4.69, 9.17) is 4.74 Å². The number of alkyl halides is 3. The third-order valence-electron chi connectivity index (χ3n) is 6.94. The zero-order valence-corrected chi connectivity index (χ0v) is 20.1. The SMILES string of the molecule is O=C(CNC(=O)c1cccc(C(F)(F)F)c1)NC1CCN(C2CCC(OCc3ccccc3)CC2)C1. The van der Waals surface area contributed by atoms with Gasteiger partial charge >= 0.3 is 6.18 Å². The molecule has 2 N–H and O–H groups in total. The van der Waals surface area contributed by atoms with E-state index in [9.17, 15) is 22.8 Å². The normalized spacial score (nSPS) is 22.8. The van der Waals surface area contributed by atoms with Gasteiger partial charge in [-0.15, -0.1) is 0 Å². The summed E-state index contributed by atoms with van der Waals surface area (Å²) in [5, 5.41) is 5.35. The number of carbonyl (C=O) groups is 2. The van der Waals surface area contributed by atoms with E-state index in [1.165, 1.54) is 17.7 Å². The van der Waals surface area contributed by atoms with Crippen LogP contribution in [0.4, 0.5) is 13.2 Å². The molecular weight excluding hydrogens is 471 g/mol. The van der Waals surface area contributed by atoms with Gasteiger partial charge in [0.1, 0.15) is 0 Å². The van der Waals surface area contributed by atoms with Gasteiger partial charge in [0, 0.05) is 30.7 Å². The van der Waals surface area contributed by atoms with Gasteiger partial charge in [-0.25, -0.2) is 0 Å². The second-order valence-electron chi connectivity index (χ2n) is 9.54. The lowest BCUT2D eigenvalue weighted by molar-refractivity contribution is -0.137. The molecule has 0 aromatic heterocycles. The molecule has 1 saturated heterocycles. The maximum Gasteiger partial charge on any atom is 0.416 e. The highest BCUT2D eigenvalue weighted by Gasteiger charge is 2.33. The molecule has 36 heavy (non-hydrogen) atoms. The summed E-state index contributed by atoms with van der Waals surface area (Å²) >= 11 is 0. The van der Waals surface area contributed by atoms with Crippen LogP contribution in [0.25, 0.3) is 0 Å². The van der Waals surface area contributed by atoms with Crippen LogP contribution < -0.4 is 10.6 Å². The summed E-state index contributed by atoms with van der Waals surface area (Å²) in [5.41, 5.74) is 0.152. The first-order valence-corrected chi connectivity index (χ1v) is 12.4. The molecular formula is C27H32F3N3O3. The number of amides is 2. The predicted molar refractivity (Wildman–Crippen MR) is 129 cm³/mol. The fourth-order valence-electron chi connectivity index (χ4n) is 4.98. The Morgan fingerprint density at radius 1 is 0.972 bits per heavy atom. The van der Waals surface area contributed by atoms with Crippen LogP contribution in [0.5, 0.6) is 0 Å². The Morgan fingerprint density at radius 2 is 1.72 bits per heavy atom. The van der Waals surface area contributed by atoms with Crippen molar-refractivity contribution in [3.8, 4) is 0 Å². The molecule has 1 atom stereocenters. The van der Waals surface area contributed by atoms with Gasteiger partial charge in [0.05, 0.1) is 24.8 Å². The number of hydrogen-bond acceptors (Lipinski definition) is 4. The minimum Gasteiger partial charge on any atom is -0.374 e. The van der Waals surface area contributed by atoms with Gasteiger partial charge in [-0.05, 0) is 55.9 Å². The molecule has 0 radical (unpaired) electrons. The number of halogens is 3.